The molecule has 1 amide bonds. The zero-order valence-corrected chi connectivity index (χ0v) is 15.2. The predicted octanol–water partition coefficient (Wildman–Crippen LogP) is 0.992. The van der Waals surface area contributed by atoms with Crippen molar-refractivity contribution in [2.24, 2.45) is 0 Å². The summed E-state index contributed by atoms with van der Waals surface area (Å²) >= 11 is 1.17. The van der Waals surface area contributed by atoms with Crippen LogP contribution in [0.5, 0.6) is 0 Å². The largest absolute Gasteiger partial charge is 0.378 e. The van der Waals surface area contributed by atoms with Gasteiger partial charge in [0.15, 0.2) is 5.16 Å². The third-order valence-electron chi connectivity index (χ3n) is 3.81. The maximum atomic E-state index is 12.4. The van der Waals surface area contributed by atoms with Gasteiger partial charge in [0.2, 0.25) is 17.8 Å². The molecule has 0 saturated carbocycles. The number of nitrogens with zero attached hydrogens (tertiary/aromatic N) is 4. The molecule has 1 atom stereocenters. The van der Waals surface area contributed by atoms with Crippen LogP contribution in [0, 0.1) is 0 Å². The highest BCUT2D eigenvalue weighted by atomic mass is 32.2. The summed E-state index contributed by atoms with van der Waals surface area (Å²) in [5.74, 6) is -0.0932. The highest BCUT2D eigenvalue weighted by Crippen LogP contribution is 2.23. The number of amides is 1. The van der Waals surface area contributed by atoms with Gasteiger partial charge in [-0.2, -0.15) is 15.0 Å². The molecule has 1 fully saturated rings. The van der Waals surface area contributed by atoms with E-state index in [0.717, 1.165) is 37.7 Å². The first-order valence-corrected chi connectivity index (χ1v) is 9.06. The van der Waals surface area contributed by atoms with E-state index in [0.29, 0.717) is 5.16 Å². The summed E-state index contributed by atoms with van der Waals surface area (Å²) in [4.78, 5) is 26.3. The summed E-state index contributed by atoms with van der Waals surface area (Å²) in [6.45, 7) is 4.98. The lowest BCUT2D eigenvalue weighted by molar-refractivity contribution is -0.115. The molecule has 0 aliphatic carbocycles. The number of carbonyl (C=O) groups is 1. The van der Waals surface area contributed by atoms with Gasteiger partial charge in [-0.25, -0.2) is 0 Å². The Morgan fingerprint density at radius 1 is 1.15 bits per heavy atom. The van der Waals surface area contributed by atoms with Crippen LogP contribution in [-0.4, -0.2) is 52.4 Å². The van der Waals surface area contributed by atoms with Crippen molar-refractivity contribution in [2.75, 3.05) is 48.0 Å². The second-order valence-electron chi connectivity index (χ2n) is 5.73. The van der Waals surface area contributed by atoms with Crippen LogP contribution in [0.25, 0.3) is 0 Å². The normalized spacial score (nSPS) is 15.5. The molecule has 1 aromatic heterocycles. The molecule has 0 spiro atoms. The van der Waals surface area contributed by atoms with Gasteiger partial charge >= 0.3 is 0 Å². The van der Waals surface area contributed by atoms with Crippen molar-refractivity contribution >= 4 is 40.9 Å². The fourth-order valence-electron chi connectivity index (χ4n) is 2.47. The topological polar surface area (TPSA) is 132 Å². The lowest BCUT2D eigenvalue weighted by Crippen LogP contribution is -2.36. The van der Waals surface area contributed by atoms with E-state index in [-0.39, 0.29) is 17.8 Å². The van der Waals surface area contributed by atoms with Crippen molar-refractivity contribution in [3.05, 3.63) is 24.3 Å². The number of nitrogens with two attached hydrogens (primary N) is 2. The Bertz CT molecular complexity index is 745. The fourth-order valence-corrected chi connectivity index (χ4v) is 3.25. The molecule has 2 aromatic rings. The van der Waals surface area contributed by atoms with Crippen LogP contribution in [0.2, 0.25) is 0 Å². The van der Waals surface area contributed by atoms with Crippen molar-refractivity contribution in [3.8, 4) is 0 Å². The minimum Gasteiger partial charge on any atom is -0.378 e. The van der Waals surface area contributed by atoms with Crippen LogP contribution in [0.1, 0.15) is 6.92 Å². The van der Waals surface area contributed by atoms with Gasteiger partial charge in [-0.15, -0.1) is 0 Å². The number of ether oxygens (including phenoxy) is 1. The van der Waals surface area contributed by atoms with Crippen molar-refractivity contribution < 1.29 is 9.53 Å². The molecule has 26 heavy (non-hydrogen) atoms. The van der Waals surface area contributed by atoms with E-state index >= 15 is 0 Å². The average Bonchev–Trinajstić information content (AvgIpc) is 2.62. The number of hydrogen-bond acceptors (Lipinski definition) is 9. The van der Waals surface area contributed by atoms with Gasteiger partial charge in [0.1, 0.15) is 0 Å². The van der Waals surface area contributed by atoms with Crippen molar-refractivity contribution in [1.82, 2.24) is 15.0 Å². The van der Waals surface area contributed by atoms with E-state index in [4.69, 9.17) is 16.2 Å². The molecular formula is C16H21N7O2S. The Balaban J connectivity index is 1.58. The molecule has 9 nitrogen and oxygen atoms in total. The van der Waals surface area contributed by atoms with Gasteiger partial charge < -0.3 is 26.4 Å². The molecule has 0 radical (unpaired) electrons. The van der Waals surface area contributed by atoms with E-state index in [1.165, 1.54) is 11.8 Å². The molecule has 1 aliphatic rings. The van der Waals surface area contributed by atoms with Gasteiger partial charge in [-0.1, -0.05) is 11.8 Å². The number of hydrogen-bond donors (Lipinski definition) is 3. The fraction of sp³-hybridized carbons (Fsp3) is 0.375. The second-order valence-corrected chi connectivity index (χ2v) is 7.04. The smallest absolute Gasteiger partial charge is 0.237 e. The lowest BCUT2D eigenvalue weighted by Gasteiger charge is -2.28. The zero-order chi connectivity index (χ0) is 18.5. The number of morpholine rings is 1. The Morgan fingerprint density at radius 2 is 1.77 bits per heavy atom. The number of rotatable bonds is 5. The number of anilines is 4. The van der Waals surface area contributed by atoms with E-state index in [2.05, 4.69) is 25.2 Å². The minimum absolute atomic E-state index is 0.0336. The van der Waals surface area contributed by atoms with Crippen LogP contribution in [0.4, 0.5) is 23.3 Å². The summed E-state index contributed by atoms with van der Waals surface area (Å²) in [5, 5.41) is 2.78. The first-order chi connectivity index (χ1) is 12.5. The summed E-state index contributed by atoms with van der Waals surface area (Å²) in [5.41, 5.74) is 12.9. The molecule has 10 heteroatoms. The standard InChI is InChI=1S/C16H21N7O2S/c1-10(26-16-21-14(17)20-15(18)22-16)13(24)19-11-2-4-12(5-3-11)23-6-8-25-9-7-23/h2-5,10H,6-9H2,1H3,(H,19,24)(H4,17,18,20,21,22)/t10-/m1/s1. The molecule has 1 aromatic carbocycles. The molecule has 3 rings (SSSR count). The summed E-state index contributed by atoms with van der Waals surface area (Å²) in [6.07, 6.45) is 0. The SMILES string of the molecule is C[C@@H](Sc1nc(N)nc(N)n1)C(=O)Nc1ccc(N2CCOCC2)cc1. The molecule has 5 N–H and O–H groups in total. The number of benzene rings is 1. The van der Waals surface area contributed by atoms with Crippen LogP contribution in [0.3, 0.4) is 0 Å². The number of nitrogens with one attached hydrogen (secondary N) is 1. The first kappa shape index (κ1) is 18.2. The van der Waals surface area contributed by atoms with Crippen LogP contribution < -0.4 is 21.7 Å². The maximum absolute atomic E-state index is 12.4. The molecule has 0 unspecified atom stereocenters. The van der Waals surface area contributed by atoms with Gasteiger partial charge in [0, 0.05) is 24.5 Å². The Kier molecular flexibility index (Phi) is 5.74. The molecule has 2 heterocycles. The number of thioether (sulfide) groups is 1. The Labute approximate surface area is 155 Å². The van der Waals surface area contributed by atoms with Gasteiger partial charge in [0.05, 0.1) is 18.5 Å². The van der Waals surface area contributed by atoms with Gasteiger partial charge in [0.25, 0.3) is 0 Å². The van der Waals surface area contributed by atoms with Crippen LogP contribution in [-0.2, 0) is 9.53 Å². The second kappa shape index (κ2) is 8.19. The number of carbonyl (C=O) groups excluding carboxylic acids is 1. The van der Waals surface area contributed by atoms with E-state index < -0.39 is 5.25 Å². The third-order valence-corrected chi connectivity index (χ3v) is 4.77. The summed E-state index contributed by atoms with van der Waals surface area (Å²) in [6, 6.07) is 7.76. The van der Waals surface area contributed by atoms with Crippen molar-refractivity contribution in [1.29, 1.82) is 0 Å². The van der Waals surface area contributed by atoms with E-state index in [1.807, 2.05) is 24.3 Å². The summed E-state index contributed by atoms with van der Waals surface area (Å²) in [7, 11) is 0. The molecule has 0 bridgehead atoms. The van der Waals surface area contributed by atoms with Gasteiger partial charge in [-0.05, 0) is 31.2 Å². The lowest BCUT2D eigenvalue weighted by atomic mass is 10.2. The highest BCUT2D eigenvalue weighted by molar-refractivity contribution is 8.00. The van der Waals surface area contributed by atoms with Crippen molar-refractivity contribution in [3.63, 3.8) is 0 Å². The first-order valence-electron chi connectivity index (χ1n) is 8.18. The molecule has 138 valence electrons. The predicted molar refractivity (Wildman–Crippen MR) is 102 cm³/mol. The minimum atomic E-state index is -0.421. The van der Waals surface area contributed by atoms with Gasteiger partial charge in [-0.3, -0.25) is 4.79 Å². The van der Waals surface area contributed by atoms with Crippen LogP contribution >= 0.6 is 11.8 Å². The maximum Gasteiger partial charge on any atom is 0.237 e. The Morgan fingerprint density at radius 3 is 2.38 bits per heavy atom. The summed E-state index contributed by atoms with van der Waals surface area (Å²) < 4.78 is 5.36. The molecule has 1 aliphatic heterocycles. The Hall–Kier alpha value is -2.59. The quantitative estimate of drug-likeness (QED) is 0.654. The number of aromatic nitrogens is 3. The average molecular weight is 375 g/mol. The van der Waals surface area contributed by atoms with Crippen LogP contribution in [0.15, 0.2) is 29.4 Å². The number of nitrogen functional groups attached to an aromatic ring is 2. The van der Waals surface area contributed by atoms with E-state index in [9.17, 15) is 4.79 Å². The monoisotopic (exact) mass is 375 g/mol. The molecule has 1 saturated heterocycles. The van der Waals surface area contributed by atoms with E-state index in [1.54, 1.807) is 6.92 Å². The zero-order valence-electron chi connectivity index (χ0n) is 14.4. The third kappa shape index (κ3) is 4.73. The molecular weight excluding hydrogens is 354 g/mol. The van der Waals surface area contributed by atoms with Crippen molar-refractivity contribution in [2.45, 2.75) is 17.3 Å². The highest BCUT2D eigenvalue weighted by Gasteiger charge is 2.17.